The maximum atomic E-state index is 13.5. The molecule has 3 aromatic rings. The van der Waals surface area contributed by atoms with Crippen LogP contribution in [0.2, 0.25) is 5.02 Å². The van der Waals surface area contributed by atoms with Crippen LogP contribution in [0, 0.1) is 5.82 Å². The Morgan fingerprint density at radius 3 is 2.49 bits per heavy atom. The average Bonchev–Trinajstić information content (AvgIpc) is 2.82. The van der Waals surface area contributed by atoms with Crippen molar-refractivity contribution < 1.29 is 31.8 Å². The van der Waals surface area contributed by atoms with Crippen LogP contribution >= 0.6 is 11.6 Å². The molecule has 1 saturated carbocycles. The SMILES string of the molecule is COc1cc2ncnc(Nc3ccc(F)c(Cl)c3)c2cc1OC1CCC(NC(=O)C(F)(F)F)CC1. The summed E-state index contributed by atoms with van der Waals surface area (Å²) in [4.78, 5) is 19.7. The molecule has 0 atom stereocenters. The number of carbonyl (C=O) groups is 1. The van der Waals surface area contributed by atoms with Crippen LogP contribution in [-0.2, 0) is 4.79 Å². The monoisotopic (exact) mass is 512 g/mol. The van der Waals surface area contributed by atoms with E-state index in [9.17, 15) is 22.4 Å². The summed E-state index contributed by atoms with van der Waals surface area (Å²) in [6, 6.07) is 7.02. The van der Waals surface area contributed by atoms with Crippen molar-refractivity contribution >= 4 is 39.9 Å². The molecule has 0 spiro atoms. The topological polar surface area (TPSA) is 85.4 Å². The molecule has 35 heavy (non-hydrogen) atoms. The van der Waals surface area contributed by atoms with E-state index in [4.69, 9.17) is 21.1 Å². The van der Waals surface area contributed by atoms with Crippen molar-refractivity contribution in [3.8, 4) is 11.5 Å². The molecule has 0 radical (unpaired) electrons. The summed E-state index contributed by atoms with van der Waals surface area (Å²) in [5, 5.41) is 5.68. The minimum atomic E-state index is -4.90. The molecule has 12 heteroatoms. The van der Waals surface area contributed by atoms with Gasteiger partial charge in [0.2, 0.25) is 0 Å². The Labute approximate surface area is 202 Å². The lowest BCUT2D eigenvalue weighted by Crippen LogP contribution is -2.45. The summed E-state index contributed by atoms with van der Waals surface area (Å²) < 4.78 is 62.6. The van der Waals surface area contributed by atoms with Crippen molar-refractivity contribution in [2.45, 2.75) is 44.0 Å². The molecule has 1 aromatic heterocycles. The first-order valence-corrected chi connectivity index (χ1v) is 11.1. The fourth-order valence-corrected chi connectivity index (χ4v) is 4.08. The maximum Gasteiger partial charge on any atom is 0.471 e. The van der Waals surface area contributed by atoms with E-state index in [0.717, 1.165) is 0 Å². The number of amides is 1. The van der Waals surface area contributed by atoms with Gasteiger partial charge in [0.15, 0.2) is 11.5 Å². The van der Waals surface area contributed by atoms with E-state index in [0.29, 0.717) is 59.6 Å². The highest BCUT2D eigenvalue weighted by molar-refractivity contribution is 6.31. The highest BCUT2D eigenvalue weighted by Crippen LogP contribution is 2.37. The van der Waals surface area contributed by atoms with Crippen LogP contribution in [0.25, 0.3) is 10.9 Å². The van der Waals surface area contributed by atoms with Gasteiger partial charge in [-0.1, -0.05) is 11.6 Å². The highest BCUT2D eigenvalue weighted by atomic mass is 35.5. The number of methoxy groups -OCH3 is 1. The number of hydrogen-bond donors (Lipinski definition) is 2. The maximum absolute atomic E-state index is 13.5. The van der Waals surface area contributed by atoms with Gasteiger partial charge in [-0.25, -0.2) is 14.4 Å². The quantitative estimate of drug-likeness (QED) is 0.422. The zero-order valence-electron chi connectivity index (χ0n) is 18.5. The Morgan fingerprint density at radius 2 is 1.83 bits per heavy atom. The molecule has 0 aliphatic heterocycles. The Hall–Kier alpha value is -3.34. The molecule has 1 fully saturated rings. The van der Waals surface area contributed by atoms with Gasteiger partial charge in [0, 0.05) is 23.2 Å². The summed E-state index contributed by atoms with van der Waals surface area (Å²) in [5.41, 5.74) is 1.09. The number of fused-ring (bicyclic) bond motifs is 1. The Bertz CT molecular complexity index is 1230. The number of nitrogens with zero attached hydrogens (tertiary/aromatic N) is 2. The summed E-state index contributed by atoms with van der Waals surface area (Å²) in [6.45, 7) is 0. The van der Waals surface area contributed by atoms with Crippen LogP contribution in [0.3, 0.4) is 0 Å². The average molecular weight is 513 g/mol. The number of hydrogen-bond acceptors (Lipinski definition) is 6. The van der Waals surface area contributed by atoms with E-state index >= 15 is 0 Å². The van der Waals surface area contributed by atoms with Crippen LogP contribution in [-0.4, -0.2) is 41.3 Å². The van der Waals surface area contributed by atoms with Gasteiger partial charge in [-0.15, -0.1) is 0 Å². The number of alkyl halides is 3. The molecule has 1 aliphatic carbocycles. The molecule has 0 unspecified atom stereocenters. The lowest BCUT2D eigenvalue weighted by molar-refractivity contribution is -0.174. The number of rotatable bonds is 6. The number of carbonyl (C=O) groups excluding carboxylic acids is 1. The van der Waals surface area contributed by atoms with Gasteiger partial charge in [-0.2, -0.15) is 13.2 Å². The normalized spacial score (nSPS) is 18.2. The molecule has 1 amide bonds. The second-order valence-electron chi connectivity index (χ2n) is 8.06. The van der Waals surface area contributed by atoms with Crippen LogP contribution in [0.1, 0.15) is 25.7 Å². The molecule has 1 heterocycles. The molecule has 0 saturated heterocycles. The van der Waals surface area contributed by atoms with Crippen molar-refractivity contribution in [2.75, 3.05) is 12.4 Å². The van der Waals surface area contributed by atoms with Gasteiger partial charge in [-0.05, 0) is 49.9 Å². The first-order valence-electron chi connectivity index (χ1n) is 10.7. The summed E-state index contributed by atoms with van der Waals surface area (Å²) in [6.07, 6.45) is -2.21. The predicted molar refractivity (Wildman–Crippen MR) is 122 cm³/mol. The van der Waals surface area contributed by atoms with Crippen LogP contribution in [0.5, 0.6) is 11.5 Å². The van der Waals surface area contributed by atoms with Crippen molar-refractivity contribution in [1.29, 1.82) is 0 Å². The number of halogens is 5. The molecular formula is C23H21ClF4N4O3. The first-order chi connectivity index (χ1) is 16.6. The second kappa shape index (κ2) is 10.1. The van der Waals surface area contributed by atoms with Crippen molar-refractivity contribution in [3.05, 3.63) is 47.5 Å². The summed E-state index contributed by atoms with van der Waals surface area (Å²) >= 11 is 5.87. The third-order valence-corrected chi connectivity index (χ3v) is 5.95. The fraction of sp³-hybridized carbons (Fsp3) is 0.348. The van der Waals surface area contributed by atoms with E-state index in [1.807, 2.05) is 5.32 Å². The van der Waals surface area contributed by atoms with Gasteiger partial charge >= 0.3 is 12.1 Å². The zero-order chi connectivity index (χ0) is 25.2. The van der Waals surface area contributed by atoms with Gasteiger partial charge in [0.05, 0.1) is 23.8 Å². The summed E-state index contributed by atoms with van der Waals surface area (Å²) in [7, 11) is 1.48. The lowest BCUT2D eigenvalue weighted by atomic mass is 9.93. The Morgan fingerprint density at radius 1 is 1.09 bits per heavy atom. The smallest absolute Gasteiger partial charge is 0.471 e. The van der Waals surface area contributed by atoms with Gasteiger partial charge in [0.1, 0.15) is 18.0 Å². The van der Waals surface area contributed by atoms with Gasteiger partial charge in [0.25, 0.3) is 0 Å². The van der Waals surface area contributed by atoms with Gasteiger partial charge in [-0.3, -0.25) is 4.79 Å². The van der Waals surface area contributed by atoms with E-state index in [2.05, 4.69) is 15.3 Å². The zero-order valence-corrected chi connectivity index (χ0v) is 19.2. The molecule has 186 valence electrons. The minimum absolute atomic E-state index is 0.0407. The number of nitrogens with one attached hydrogen (secondary N) is 2. The predicted octanol–water partition coefficient (Wildman–Crippen LogP) is 5.54. The highest BCUT2D eigenvalue weighted by Gasteiger charge is 2.40. The van der Waals surface area contributed by atoms with Crippen LogP contribution in [0.4, 0.5) is 29.1 Å². The van der Waals surface area contributed by atoms with Crippen molar-refractivity contribution in [3.63, 3.8) is 0 Å². The van der Waals surface area contributed by atoms with Crippen LogP contribution < -0.4 is 20.1 Å². The fourth-order valence-electron chi connectivity index (χ4n) is 3.90. The first kappa shape index (κ1) is 24.8. The van der Waals surface area contributed by atoms with E-state index in [1.165, 1.54) is 31.6 Å². The molecule has 4 rings (SSSR count). The summed E-state index contributed by atoms with van der Waals surface area (Å²) in [5.74, 6) is -1.19. The molecule has 1 aliphatic rings. The molecular weight excluding hydrogens is 492 g/mol. The molecule has 2 N–H and O–H groups in total. The third-order valence-electron chi connectivity index (χ3n) is 5.66. The van der Waals surface area contributed by atoms with Gasteiger partial charge < -0.3 is 20.1 Å². The number of aromatic nitrogens is 2. The largest absolute Gasteiger partial charge is 0.493 e. The molecule has 7 nitrogen and oxygen atoms in total. The van der Waals surface area contributed by atoms with E-state index in [-0.39, 0.29) is 11.1 Å². The molecule has 0 bridgehead atoms. The van der Waals surface area contributed by atoms with Crippen molar-refractivity contribution in [2.24, 2.45) is 0 Å². The minimum Gasteiger partial charge on any atom is -0.493 e. The standard InChI is InChI=1S/C23H21ClF4N4O3/c1-34-19-10-18-15(21(30-11-29-18)31-13-4-7-17(25)16(24)8-13)9-20(19)35-14-5-2-12(3-6-14)32-22(33)23(26,27)28/h4,7-12,14H,2-3,5-6H2,1H3,(H,32,33)(H,29,30,31). The Balaban J connectivity index is 1.51. The van der Waals surface area contributed by atoms with Crippen molar-refractivity contribution in [1.82, 2.24) is 15.3 Å². The second-order valence-corrected chi connectivity index (χ2v) is 8.47. The number of ether oxygens (including phenoxy) is 2. The van der Waals surface area contributed by atoms with E-state index < -0.39 is 23.9 Å². The third kappa shape index (κ3) is 5.84. The van der Waals surface area contributed by atoms with E-state index in [1.54, 1.807) is 12.1 Å². The number of anilines is 2. The molecule has 2 aromatic carbocycles. The Kier molecular flexibility index (Phi) is 7.15. The lowest BCUT2D eigenvalue weighted by Gasteiger charge is -2.30. The van der Waals surface area contributed by atoms with Crippen LogP contribution in [0.15, 0.2) is 36.7 Å². The number of benzene rings is 2.